The summed E-state index contributed by atoms with van der Waals surface area (Å²) in [6.45, 7) is 5.77. The van der Waals surface area contributed by atoms with E-state index in [1.165, 1.54) is 0 Å². The van der Waals surface area contributed by atoms with Gasteiger partial charge in [-0.05, 0) is 32.9 Å². The maximum absolute atomic E-state index is 9.56. The zero-order chi connectivity index (χ0) is 11.9. The van der Waals surface area contributed by atoms with E-state index in [0.29, 0.717) is 5.02 Å². The fraction of sp³-hybridized carbons (Fsp3) is 0.500. The minimum atomic E-state index is -0.805. The topological polar surface area (TPSA) is 38.7 Å². The lowest BCUT2D eigenvalue weighted by Gasteiger charge is -2.23. The second-order valence-corrected chi connectivity index (χ2v) is 4.67. The molecule has 1 aromatic carbocycles. The molecule has 0 amide bonds. The van der Waals surface area contributed by atoms with Crippen LogP contribution in [0.4, 0.5) is 0 Å². The van der Waals surface area contributed by atoms with Crippen LogP contribution in [0.3, 0.4) is 0 Å². The van der Waals surface area contributed by atoms with Crippen molar-refractivity contribution in [3.8, 4) is 5.75 Å². The number of phenolic OH excluding ortho intramolecular Hbond substituents is 1. The van der Waals surface area contributed by atoms with Crippen molar-refractivity contribution < 1.29 is 14.6 Å². The highest BCUT2D eigenvalue weighted by molar-refractivity contribution is 6.32. The van der Waals surface area contributed by atoms with E-state index in [9.17, 15) is 5.11 Å². The first-order valence-electron chi connectivity index (χ1n) is 5.27. The number of benzene rings is 1. The summed E-state index contributed by atoms with van der Waals surface area (Å²) in [6, 6.07) is 5.01. The van der Waals surface area contributed by atoms with E-state index < -0.39 is 5.79 Å². The summed E-state index contributed by atoms with van der Waals surface area (Å²) in [5.41, 5.74) is 0.769. The fourth-order valence-corrected chi connectivity index (χ4v) is 1.98. The molecule has 1 aromatic rings. The summed E-state index contributed by atoms with van der Waals surface area (Å²) < 4.78 is 11.5. The highest BCUT2D eigenvalue weighted by Crippen LogP contribution is 2.39. The van der Waals surface area contributed by atoms with Gasteiger partial charge in [-0.1, -0.05) is 17.7 Å². The molecule has 0 radical (unpaired) electrons. The molecule has 0 aromatic heterocycles. The predicted molar refractivity (Wildman–Crippen MR) is 61.6 cm³/mol. The molecule has 2 unspecified atom stereocenters. The molecule has 0 spiro atoms. The summed E-state index contributed by atoms with van der Waals surface area (Å²) in [6.07, 6.45) is 0.0608. The second kappa shape index (κ2) is 3.91. The molecule has 0 saturated carbocycles. The van der Waals surface area contributed by atoms with Crippen LogP contribution in [0.25, 0.3) is 0 Å². The Hall–Kier alpha value is -0.770. The van der Waals surface area contributed by atoms with E-state index in [1.54, 1.807) is 18.2 Å². The SMILES string of the molecule is CC1OC(C)(c2ccc(Cl)c(O)c2)OC1C. The van der Waals surface area contributed by atoms with Crippen LogP contribution >= 0.6 is 11.6 Å². The van der Waals surface area contributed by atoms with Gasteiger partial charge in [0.2, 0.25) is 0 Å². The molecule has 16 heavy (non-hydrogen) atoms. The summed E-state index contributed by atoms with van der Waals surface area (Å²) in [7, 11) is 0. The first-order valence-corrected chi connectivity index (χ1v) is 5.65. The Balaban J connectivity index is 2.34. The van der Waals surface area contributed by atoms with Crippen LogP contribution in [0.2, 0.25) is 5.02 Å². The third-order valence-corrected chi connectivity index (χ3v) is 3.27. The van der Waals surface area contributed by atoms with E-state index >= 15 is 0 Å². The van der Waals surface area contributed by atoms with Crippen molar-refractivity contribution in [3.63, 3.8) is 0 Å². The van der Waals surface area contributed by atoms with Gasteiger partial charge in [0.05, 0.1) is 17.2 Å². The molecule has 2 rings (SSSR count). The molecule has 0 aliphatic carbocycles. The van der Waals surface area contributed by atoms with Crippen molar-refractivity contribution >= 4 is 11.6 Å². The second-order valence-electron chi connectivity index (χ2n) is 4.26. The third-order valence-electron chi connectivity index (χ3n) is 2.95. The largest absolute Gasteiger partial charge is 0.506 e. The number of phenols is 1. The lowest BCUT2D eigenvalue weighted by atomic mass is 10.1. The minimum absolute atomic E-state index is 0.0304. The van der Waals surface area contributed by atoms with Crippen molar-refractivity contribution in [1.82, 2.24) is 0 Å². The van der Waals surface area contributed by atoms with Gasteiger partial charge in [-0.3, -0.25) is 0 Å². The number of hydrogen-bond donors (Lipinski definition) is 1. The van der Waals surface area contributed by atoms with Crippen LogP contribution in [0.1, 0.15) is 26.3 Å². The van der Waals surface area contributed by atoms with Crippen molar-refractivity contribution in [2.24, 2.45) is 0 Å². The number of rotatable bonds is 1. The molecule has 1 N–H and O–H groups in total. The summed E-state index contributed by atoms with van der Waals surface area (Å²) >= 11 is 5.76. The van der Waals surface area contributed by atoms with E-state index in [1.807, 2.05) is 20.8 Å². The Morgan fingerprint density at radius 1 is 1.25 bits per heavy atom. The average Bonchev–Trinajstić information content (AvgIpc) is 2.46. The first kappa shape index (κ1) is 11.7. The van der Waals surface area contributed by atoms with Gasteiger partial charge < -0.3 is 14.6 Å². The molecule has 4 heteroatoms. The lowest BCUT2D eigenvalue weighted by Crippen LogP contribution is -2.23. The molecule has 1 fully saturated rings. The van der Waals surface area contributed by atoms with Crippen molar-refractivity contribution in [1.29, 1.82) is 0 Å². The number of aromatic hydroxyl groups is 1. The summed E-state index contributed by atoms with van der Waals surface area (Å²) in [4.78, 5) is 0. The van der Waals surface area contributed by atoms with Gasteiger partial charge in [-0.15, -0.1) is 0 Å². The highest BCUT2D eigenvalue weighted by atomic mass is 35.5. The van der Waals surface area contributed by atoms with Crippen LogP contribution < -0.4 is 0 Å². The Bertz CT molecular complexity index is 395. The lowest BCUT2D eigenvalue weighted by molar-refractivity contribution is -0.167. The maximum Gasteiger partial charge on any atom is 0.192 e. The molecule has 1 aliphatic heterocycles. The molecule has 1 heterocycles. The van der Waals surface area contributed by atoms with Crippen molar-refractivity contribution in [2.75, 3.05) is 0 Å². The van der Waals surface area contributed by atoms with Crippen LogP contribution in [0.5, 0.6) is 5.75 Å². The normalized spacial score (nSPS) is 34.2. The average molecular weight is 243 g/mol. The van der Waals surface area contributed by atoms with E-state index in [4.69, 9.17) is 21.1 Å². The van der Waals surface area contributed by atoms with E-state index in [-0.39, 0.29) is 18.0 Å². The zero-order valence-corrected chi connectivity index (χ0v) is 10.3. The Morgan fingerprint density at radius 3 is 2.31 bits per heavy atom. The molecule has 2 atom stereocenters. The highest BCUT2D eigenvalue weighted by Gasteiger charge is 2.41. The predicted octanol–water partition coefficient (Wildman–Crippen LogP) is 3.04. The Labute approximate surface area is 99.9 Å². The van der Waals surface area contributed by atoms with E-state index in [2.05, 4.69) is 0 Å². The molecule has 88 valence electrons. The Morgan fingerprint density at radius 2 is 1.81 bits per heavy atom. The van der Waals surface area contributed by atoms with Gasteiger partial charge in [-0.2, -0.15) is 0 Å². The van der Waals surface area contributed by atoms with Gasteiger partial charge in [0.1, 0.15) is 5.75 Å². The molecular weight excluding hydrogens is 228 g/mol. The van der Waals surface area contributed by atoms with Crippen molar-refractivity contribution in [2.45, 2.75) is 38.8 Å². The zero-order valence-electron chi connectivity index (χ0n) is 9.53. The summed E-state index contributed by atoms with van der Waals surface area (Å²) in [5, 5.41) is 9.89. The number of halogens is 1. The molecule has 1 saturated heterocycles. The Kier molecular flexibility index (Phi) is 2.86. The fourth-order valence-electron chi connectivity index (χ4n) is 1.86. The molecule has 0 bridgehead atoms. The third kappa shape index (κ3) is 1.90. The number of ether oxygens (including phenoxy) is 2. The van der Waals surface area contributed by atoms with Gasteiger partial charge in [0.25, 0.3) is 0 Å². The van der Waals surface area contributed by atoms with Crippen LogP contribution in [0.15, 0.2) is 18.2 Å². The van der Waals surface area contributed by atoms with Crippen LogP contribution in [0, 0.1) is 0 Å². The van der Waals surface area contributed by atoms with Crippen LogP contribution in [-0.2, 0) is 15.3 Å². The van der Waals surface area contributed by atoms with E-state index in [0.717, 1.165) is 5.56 Å². The van der Waals surface area contributed by atoms with Gasteiger partial charge in [0, 0.05) is 5.56 Å². The van der Waals surface area contributed by atoms with Gasteiger partial charge >= 0.3 is 0 Å². The molecule has 3 nitrogen and oxygen atoms in total. The number of hydrogen-bond acceptors (Lipinski definition) is 3. The van der Waals surface area contributed by atoms with Crippen molar-refractivity contribution in [3.05, 3.63) is 28.8 Å². The monoisotopic (exact) mass is 242 g/mol. The maximum atomic E-state index is 9.56. The first-order chi connectivity index (χ1) is 7.42. The van der Waals surface area contributed by atoms with Gasteiger partial charge in [0.15, 0.2) is 5.79 Å². The molecular formula is C12H15ClO3. The minimum Gasteiger partial charge on any atom is -0.506 e. The standard InChI is InChI=1S/C12H15ClO3/c1-7-8(2)16-12(3,15-7)9-4-5-10(13)11(14)6-9/h4-8,14H,1-3H3. The smallest absolute Gasteiger partial charge is 0.192 e. The summed E-state index contributed by atoms with van der Waals surface area (Å²) in [5.74, 6) is -0.763. The van der Waals surface area contributed by atoms with Crippen LogP contribution in [-0.4, -0.2) is 17.3 Å². The quantitative estimate of drug-likeness (QED) is 0.823. The van der Waals surface area contributed by atoms with Gasteiger partial charge in [-0.25, -0.2) is 0 Å². The molecule has 1 aliphatic rings.